The van der Waals surface area contributed by atoms with Gasteiger partial charge in [-0.3, -0.25) is 0 Å². The van der Waals surface area contributed by atoms with Crippen LogP contribution >= 0.6 is 0 Å². The van der Waals surface area contributed by atoms with Crippen LogP contribution in [0.15, 0.2) is 6.07 Å². The van der Waals surface area contributed by atoms with Gasteiger partial charge in [0, 0.05) is 6.54 Å². The zero-order valence-corrected chi connectivity index (χ0v) is 11.9. The van der Waals surface area contributed by atoms with Crippen molar-refractivity contribution >= 4 is 6.03 Å². The van der Waals surface area contributed by atoms with Crippen LogP contribution < -0.4 is 5.32 Å². The molecule has 2 amide bonds. The number of carbonyl (C=O) groups is 1. The SMILES string of the molecule is Cc1cc(C)c(C)c(C2CN(CC#N)C(=O)N2)c1C. The Balaban J connectivity index is 2.39. The Hall–Kier alpha value is -2.02. The molecule has 1 saturated heterocycles. The molecule has 0 aliphatic carbocycles. The number of hydrogen-bond acceptors (Lipinski definition) is 2. The van der Waals surface area contributed by atoms with E-state index in [1.165, 1.54) is 27.8 Å². The fourth-order valence-electron chi connectivity index (χ4n) is 2.74. The summed E-state index contributed by atoms with van der Waals surface area (Å²) in [7, 11) is 0. The lowest BCUT2D eigenvalue weighted by Gasteiger charge is -2.20. The second-order valence-electron chi connectivity index (χ2n) is 5.21. The monoisotopic (exact) mass is 257 g/mol. The van der Waals surface area contributed by atoms with Gasteiger partial charge < -0.3 is 10.2 Å². The zero-order valence-electron chi connectivity index (χ0n) is 11.9. The summed E-state index contributed by atoms with van der Waals surface area (Å²) in [6.07, 6.45) is 0. The van der Waals surface area contributed by atoms with Gasteiger partial charge in [0.25, 0.3) is 0 Å². The third-order valence-electron chi connectivity index (χ3n) is 4.02. The average molecular weight is 257 g/mol. The lowest BCUT2D eigenvalue weighted by Crippen LogP contribution is -2.28. The highest BCUT2D eigenvalue weighted by Gasteiger charge is 2.31. The fraction of sp³-hybridized carbons (Fsp3) is 0.467. The van der Waals surface area contributed by atoms with Crippen LogP contribution in [0, 0.1) is 39.0 Å². The molecule has 0 aromatic heterocycles. The number of benzene rings is 1. The van der Waals surface area contributed by atoms with Crippen LogP contribution in [0.5, 0.6) is 0 Å². The van der Waals surface area contributed by atoms with E-state index in [0.29, 0.717) is 6.54 Å². The van der Waals surface area contributed by atoms with Crippen molar-refractivity contribution in [1.82, 2.24) is 10.2 Å². The molecule has 4 nitrogen and oxygen atoms in total. The van der Waals surface area contributed by atoms with Crippen molar-refractivity contribution in [3.8, 4) is 6.07 Å². The van der Waals surface area contributed by atoms with Crippen LogP contribution in [0.25, 0.3) is 0 Å². The standard InChI is InChI=1S/C15H19N3O/c1-9-7-10(2)12(4)14(11(9)3)13-8-18(6-5-16)15(19)17-13/h7,13H,6,8H2,1-4H3,(H,17,19). The second-order valence-corrected chi connectivity index (χ2v) is 5.21. The highest BCUT2D eigenvalue weighted by Crippen LogP contribution is 2.30. The summed E-state index contributed by atoms with van der Waals surface area (Å²) in [5.41, 5.74) is 6.14. The average Bonchev–Trinajstić information content (AvgIpc) is 2.69. The zero-order chi connectivity index (χ0) is 14.2. The first-order valence-electron chi connectivity index (χ1n) is 6.45. The Morgan fingerprint density at radius 3 is 2.42 bits per heavy atom. The van der Waals surface area contributed by atoms with Gasteiger partial charge in [-0.25, -0.2) is 4.79 Å². The molecular formula is C15H19N3O. The van der Waals surface area contributed by atoms with Gasteiger partial charge in [0.1, 0.15) is 6.54 Å². The highest BCUT2D eigenvalue weighted by molar-refractivity contribution is 5.77. The molecule has 1 fully saturated rings. The summed E-state index contributed by atoms with van der Waals surface area (Å²) >= 11 is 0. The Kier molecular flexibility index (Phi) is 3.48. The molecule has 1 N–H and O–H groups in total. The van der Waals surface area contributed by atoms with E-state index in [2.05, 4.69) is 39.1 Å². The van der Waals surface area contributed by atoms with E-state index in [0.717, 1.165) is 0 Å². The van der Waals surface area contributed by atoms with E-state index < -0.39 is 0 Å². The summed E-state index contributed by atoms with van der Waals surface area (Å²) in [6.45, 7) is 9.08. The predicted molar refractivity (Wildman–Crippen MR) is 73.8 cm³/mol. The van der Waals surface area contributed by atoms with Crippen molar-refractivity contribution in [2.75, 3.05) is 13.1 Å². The lowest BCUT2D eigenvalue weighted by molar-refractivity contribution is 0.222. The molecule has 0 bridgehead atoms. The molecule has 1 atom stereocenters. The lowest BCUT2D eigenvalue weighted by atomic mass is 9.90. The number of nitrogens with zero attached hydrogens (tertiary/aromatic N) is 2. The predicted octanol–water partition coefficient (Wildman–Crippen LogP) is 2.51. The molecular weight excluding hydrogens is 238 g/mol. The van der Waals surface area contributed by atoms with Crippen LogP contribution in [0.2, 0.25) is 0 Å². The number of aryl methyl sites for hydroxylation is 2. The summed E-state index contributed by atoms with van der Waals surface area (Å²) < 4.78 is 0. The van der Waals surface area contributed by atoms with Gasteiger partial charge in [-0.2, -0.15) is 5.26 Å². The number of rotatable bonds is 2. The molecule has 1 aromatic rings. The molecule has 0 saturated carbocycles. The third kappa shape index (κ3) is 2.28. The Morgan fingerprint density at radius 1 is 1.32 bits per heavy atom. The normalized spacial score (nSPS) is 18.4. The van der Waals surface area contributed by atoms with Crippen LogP contribution in [0.1, 0.15) is 33.9 Å². The Bertz CT molecular complexity index is 545. The molecule has 1 heterocycles. The maximum Gasteiger partial charge on any atom is 0.318 e. The number of urea groups is 1. The first-order chi connectivity index (χ1) is 8.95. The van der Waals surface area contributed by atoms with Gasteiger partial charge >= 0.3 is 6.03 Å². The van der Waals surface area contributed by atoms with E-state index >= 15 is 0 Å². The number of nitriles is 1. The molecule has 0 spiro atoms. The van der Waals surface area contributed by atoms with Crippen molar-refractivity contribution < 1.29 is 4.79 Å². The third-order valence-corrected chi connectivity index (χ3v) is 4.02. The van der Waals surface area contributed by atoms with Gasteiger partial charge in [-0.05, 0) is 55.5 Å². The largest absolute Gasteiger partial charge is 0.329 e. The molecule has 2 rings (SSSR count). The molecule has 1 aliphatic rings. The molecule has 100 valence electrons. The maximum absolute atomic E-state index is 11.8. The van der Waals surface area contributed by atoms with E-state index in [1.807, 2.05) is 6.07 Å². The molecule has 19 heavy (non-hydrogen) atoms. The highest BCUT2D eigenvalue weighted by atomic mass is 16.2. The first-order valence-corrected chi connectivity index (χ1v) is 6.45. The van der Waals surface area contributed by atoms with Gasteiger partial charge in [0.2, 0.25) is 0 Å². The molecule has 1 unspecified atom stereocenters. The second kappa shape index (κ2) is 4.93. The van der Waals surface area contributed by atoms with Crippen LogP contribution in [-0.4, -0.2) is 24.0 Å². The summed E-state index contributed by atoms with van der Waals surface area (Å²) in [4.78, 5) is 13.4. The van der Waals surface area contributed by atoms with E-state index in [9.17, 15) is 4.79 Å². The van der Waals surface area contributed by atoms with Crippen molar-refractivity contribution in [1.29, 1.82) is 5.26 Å². The first kappa shape index (κ1) is 13.4. The molecule has 1 aromatic carbocycles. The smallest absolute Gasteiger partial charge is 0.318 e. The number of nitrogens with one attached hydrogen (secondary N) is 1. The van der Waals surface area contributed by atoms with E-state index in [1.54, 1.807) is 4.90 Å². The van der Waals surface area contributed by atoms with E-state index in [-0.39, 0.29) is 18.6 Å². The van der Waals surface area contributed by atoms with Gasteiger partial charge in [0.05, 0.1) is 12.1 Å². The maximum atomic E-state index is 11.8. The van der Waals surface area contributed by atoms with Crippen molar-refractivity contribution in [2.45, 2.75) is 33.7 Å². The number of amides is 2. The summed E-state index contributed by atoms with van der Waals surface area (Å²) in [6, 6.07) is 4.04. The molecule has 0 radical (unpaired) electrons. The van der Waals surface area contributed by atoms with E-state index in [4.69, 9.17) is 5.26 Å². The van der Waals surface area contributed by atoms with Gasteiger partial charge in [-0.15, -0.1) is 0 Å². The summed E-state index contributed by atoms with van der Waals surface area (Å²) in [5, 5.41) is 11.7. The Labute approximate surface area is 114 Å². The molecule has 4 heteroatoms. The number of hydrogen-bond donors (Lipinski definition) is 1. The van der Waals surface area contributed by atoms with Crippen molar-refractivity contribution in [3.63, 3.8) is 0 Å². The van der Waals surface area contributed by atoms with Gasteiger partial charge in [0.15, 0.2) is 0 Å². The minimum Gasteiger partial charge on any atom is -0.329 e. The van der Waals surface area contributed by atoms with Crippen LogP contribution in [0.4, 0.5) is 4.79 Å². The van der Waals surface area contributed by atoms with Crippen molar-refractivity contribution in [2.24, 2.45) is 0 Å². The topological polar surface area (TPSA) is 56.1 Å². The number of carbonyl (C=O) groups excluding carboxylic acids is 1. The minimum absolute atomic E-state index is 0.0144. The summed E-state index contributed by atoms with van der Waals surface area (Å²) in [5.74, 6) is 0. The quantitative estimate of drug-likeness (QED) is 0.828. The molecule has 1 aliphatic heterocycles. The van der Waals surface area contributed by atoms with Crippen molar-refractivity contribution in [3.05, 3.63) is 33.9 Å². The van der Waals surface area contributed by atoms with Gasteiger partial charge in [-0.1, -0.05) is 6.07 Å². The minimum atomic E-state index is -0.149. The van der Waals surface area contributed by atoms with Crippen LogP contribution in [0.3, 0.4) is 0 Å². The van der Waals surface area contributed by atoms with Crippen LogP contribution in [-0.2, 0) is 0 Å². The Morgan fingerprint density at radius 2 is 1.89 bits per heavy atom. The fourth-order valence-corrected chi connectivity index (χ4v) is 2.74.